The molecule has 0 saturated carbocycles. The minimum Gasteiger partial charge on any atom is -0.0713 e. The van der Waals surface area contributed by atoms with Crippen LogP contribution in [0.15, 0.2) is 0 Å². The SMILES string of the molecule is CC(C)CCC[Si](C)C. The van der Waals surface area contributed by atoms with Gasteiger partial charge in [0.2, 0.25) is 0 Å². The zero-order chi connectivity index (χ0) is 7.28. The van der Waals surface area contributed by atoms with Crippen LogP contribution in [0.5, 0.6) is 0 Å². The molecule has 0 N–H and O–H groups in total. The summed E-state index contributed by atoms with van der Waals surface area (Å²) in [6.45, 7) is 9.39. The van der Waals surface area contributed by atoms with Gasteiger partial charge in [0.05, 0.1) is 0 Å². The van der Waals surface area contributed by atoms with E-state index >= 15 is 0 Å². The van der Waals surface area contributed by atoms with Crippen molar-refractivity contribution >= 4 is 8.80 Å². The van der Waals surface area contributed by atoms with Crippen LogP contribution in [0.25, 0.3) is 0 Å². The Bertz CT molecular complexity index is 49.6. The van der Waals surface area contributed by atoms with Gasteiger partial charge in [-0.3, -0.25) is 0 Å². The molecule has 1 heteroatoms. The molecular formula is C8H19Si. The Balaban J connectivity index is 2.91. The summed E-state index contributed by atoms with van der Waals surface area (Å²) in [4.78, 5) is 0. The van der Waals surface area contributed by atoms with Crippen LogP contribution in [0, 0.1) is 5.92 Å². The quantitative estimate of drug-likeness (QED) is 0.530. The standard InChI is InChI=1S/C8H19Si/c1-8(2)6-5-7-9(3)4/h8H,5-7H2,1-4H3. The summed E-state index contributed by atoms with van der Waals surface area (Å²) < 4.78 is 0. The molecule has 0 aliphatic carbocycles. The predicted molar refractivity (Wildman–Crippen MR) is 46.4 cm³/mol. The lowest BCUT2D eigenvalue weighted by Gasteiger charge is -2.04. The summed E-state index contributed by atoms with van der Waals surface area (Å²) in [5.41, 5.74) is 0. The van der Waals surface area contributed by atoms with E-state index < -0.39 is 0 Å². The molecule has 55 valence electrons. The Morgan fingerprint density at radius 1 is 1.22 bits per heavy atom. The van der Waals surface area contributed by atoms with Gasteiger partial charge in [-0.15, -0.1) is 0 Å². The minimum atomic E-state index is 0.0697. The van der Waals surface area contributed by atoms with Crippen LogP contribution in [0.1, 0.15) is 26.7 Å². The average molecular weight is 143 g/mol. The fraction of sp³-hybridized carbons (Fsp3) is 1.00. The van der Waals surface area contributed by atoms with Crippen molar-refractivity contribution in [2.75, 3.05) is 0 Å². The fourth-order valence-electron chi connectivity index (χ4n) is 0.864. The van der Waals surface area contributed by atoms with Crippen LogP contribution in [-0.2, 0) is 0 Å². The fourth-order valence-corrected chi connectivity index (χ4v) is 1.78. The molecule has 0 aromatic heterocycles. The van der Waals surface area contributed by atoms with Crippen molar-refractivity contribution in [1.82, 2.24) is 0 Å². The molecule has 0 aliphatic heterocycles. The third kappa shape index (κ3) is 8.22. The summed E-state index contributed by atoms with van der Waals surface area (Å²) in [6, 6.07) is 1.50. The third-order valence-corrected chi connectivity index (χ3v) is 2.81. The van der Waals surface area contributed by atoms with E-state index in [-0.39, 0.29) is 8.80 Å². The Morgan fingerprint density at radius 2 is 1.78 bits per heavy atom. The highest BCUT2D eigenvalue weighted by atomic mass is 28.3. The zero-order valence-corrected chi connectivity index (χ0v) is 8.20. The Labute approximate surface area is 61.3 Å². The van der Waals surface area contributed by atoms with E-state index in [9.17, 15) is 0 Å². The number of hydrogen-bond acceptors (Lipinski definition) is 0. The van der Waals surface area contributed by atoms with Crippen molar-refractivity contribution in [3.05, 3.63) is 0 Å². The summed E-state index contributed by atoms with van der Waals surface area (Å²) in [6.07, 6.45) is 2.88. The van der Waals surface area contributed by atoms with Gasteiger partial charge in [-0.1, -0.05) is 45.8 Å². The van der Waals surface area contributed by atoms with E-state index in [0.29, 0.717) is 0 Å². The first-order chi connectivity index (χ1) is 4.13. The van der Waals surface area contributed by atoms with Crippen molar-refractivity contribution in [1.29, 1.82) is 0 Å². The molecule has 0 spiro atoms. The second kappa shape index (κ2) is 5.04. The van der Waals surface area contributed by atoms with Crippen molar-refractivity contribution in [3.63, 3.8) is 0 Å². The molecule has 0 nitrogen and oxygen atoms in total. The molecule has 0 atom stereocenters. The average Bonchev–Trinajstić information content (AvgIpc) is 1.63. The Kier molecular flexibility index (Phi) is 5.16. The Hall–Kier alpha value is 0.217. The van der Waals surface area contributed by atoms with Gasteiger partial charge in [-0.2, -0.15) is 0 Å². The van der Waals surface area contributed by atoms with Crippen LogP contribution in [0.2, 0.25) is 19.1 Å². The van der Waals surface area contributed by atoms with Gasteiger partial charge in [0.25, 0.3) is 0 Å². The van der Waals surface area contributed by atoms with Crippen molar-refractivity contribution in [3.8, 4) is 0 Å². The molecule has 0 unspecified atom stereocenters. The molecule has 0 rings (SSSR count). The van der Waals surface area contributed by atoms with Gasteiger partial charge in [0.15, 0.2) is 0 Å². The lowest BCUT2D eigenvalue weighted by molar-refractivity contribution is 0.574. The van der Waals surface area contributed by atoms with E-state index in [4.69, 9.17) is 0 Å². The number of rotatable bonds is 4. The van der Waals surface area contributed by atoms with Gasteiger partial charge < -0.3 is 0 Å². The summed E-state index contributed by atoms with van der Waals surface area (Å²) in [5.74, 6) is 0.909. The second-order valence-electron chi connectivity index (χ2n) is 3.49. The molecule has 0 aromatic rings. The van der Waals surface area contributed by atoms with E-state index in [0.717, 1.165) is 5.92 Å². The lowest BCUT2D eigenvalue weighted by atomic mass is 10.1. The van der Waals surface area contributed by atoms with Gasteiger partial charge >= 0.3 is 0 Å². The third-order valence-electron chi connectivity index (χ3n) is 1.46. The highest BCUT2D eigenvalue weighted by molar-refractivity contribution is 6.55. The van der Waals surface area contributed by atoms with Crippen LogP contribution >= 0.6 is 0 Å². The first-order valence-corrected chi connectivity index (χ1v) is 6.62. The molecule has 0 bridgehead atoms. The molecule has 0 saturated heterocycles. The monoisotopic (exact) mass is 143 g/mol. The first-order valence-electron chi connectivity index (χ1n) is 3.92. The largest absolute Gasteiger partial charge is 0.0713 e. The topological polar surface area (TPSA) is 0 Å². The number of hydrogen-bond donors (Lipinski definition) is 0. The highest BCUT2D eigenvalue weighted by Gasteiger charge is 1.97. The second-order valence-corrected chi connectivity index (χ2v) is 6.41. The molecule has 0 heterocycles. The minimum absolute atomic E-state index is 0.0697. The van der Waals surface area contributed by atoms with E-state index in [1.807, 2.05) is 0 Å². The zero-order valence-electron chi connectivity index (χ0n) is 7.20. The van der Waals surface area contributed by atoms with E-state index in [1.165, 1.54) is 18.9 Å². The van der Waals surface area contributed by atoms with Crippen LogP contribution in [0.3, 0.4) is 0 Å². The maximum atomic E-state index is 2.39. The maximum Gasteiger partial charge on any atom is 0.0412 e. The molecule has 0 aliphatic rings. The van der Waals surface area contributed by atoms with E-state index in [2.05, 4.69) is 26.9 Å². The van der Waals surface area contributed by atoms with Gasteiger partial charge in [0.1, 0.15) is 0 Å². The van der Waals surface area contributed by atoms with Crippen LogP contribution in [-0.4, -0.2) is 8.80 Å². The first kappa shape index (κ1) is 9.22. The molecule has 1 radical (unpaired) electrons. The maximum absolute atomic E-state index is 2.39. The predicted octanol–water partition coefficient (Wildman–Crippen LogP) is 3.18. The molecule has 0 amide bonds. The summed E-state index contributed by atoms with van der Waals surface area (Å²) in [7, 11) is 0.0697. The normalized spacial score (nSPS) is 11.3. The summed E-state index contributed by atoms with van der Waals surface area (Å²) >= 11 is 0. The lowest BCUT2D eigenvalue weighted by Crippen LogP contribution is -1.99. The van der Waals surface area contributed by atoms with E-state index in [1.54, 1.807) is 0 Å². The molecular weight excluding hydrogens is 124 g/mol. The Morgan fingerprint density at radius 3 is 2.11 bits per heavy atom. The van der Waals surface area contributed by atoms with Gasteiger partial charge in [-0.05, 0) is 5.92 Å². The smallest absolute Gasteiger partial charge is 0.0412 e. The van der Waals surface area contributed by atoms with Crippen LogP contribution in [0.4, 0.5) is 0 Å². The molecule has 9 heavy (non-hydrogen) atoms. The van der Waals surface area contributed by atoms with Gasteiger partial charge in [-0.25, -0.2) is 0 Å². The summed E-state index contributed by atoms with van der Waals surface area (Å²) in [5, 5.41) is 0. The molecule has 0 aromatic carbocycles. The van der Waals surface area contributed by atoms with Crippen molar-refractivity contribution < 1.29 is 0 Å². The van der Waals surface area contributed by atoms with Crippen LogP contribution < -0.4 is 0 Å². The van der Waals surface area contributed by atoms with Gasteiger partial charge in [0, 0.05) is 8.80 Å². The van der Waals surface area contributed by atoms with Crippen molar-refractivity contribution in [2.45, 2.75) is 45.8 Å². The van der Waals surface area contributed by atoms with Crippen molar-refractivity contribution in [2.24, 2.45) is 5.92 Å². The highest BCUT2D eigenvalue weighted by Crippen LogP contribution is 2.08. The molecule has 0 fully saturated rings.